The van der Waals surface area contributed by atoms with Crippen molar-refractivity contribution in [2.75, 3.05) is 6.54 Å². The van der Waals surface area contributed by atoms with E-state index in [1.54, 1.807) is 6.07 Å². The van der Waals surface area contributed by atoms with Crippen LogP contribution < -0.4 is 5.32 Å². The number of nitrogens with one attached hydrogen (secondary N) is 1. The minimum atomic E-state index is -0.810. The zero-order chi connectivity index (χ0) is 17.6. The van der Waals surface area contributed by atoms with Crippen LogP contribution in [0.5, 0.6) is 0 Å². The molecule has 0 aliphatic heterocycles. The summed E-state index contributed by atoms with van der Waals surface area (Å²) in [5.41, 5.74) is 4.68. The zero-order valence-electron chi connectivity index (χ0n) is 14.1. The predicted octanol–water partition coefficient (Wildman–Crippen LogP) is 4.67. The van der Waals surface area contributed by atoms with Gasteiger partial charge >= 0.3 is 0 Å². The normalized spacial score (nSPS) is 10.8. The van der Waals surface area contributed by atoms with E-state index in [-0.39, 0.29) is 0 Å². The second-order valence-electron chi connectivity index (χ2n) is 5.97. The summed E-state index contributed by atoms with van der Waals surface area (Å²) in [5.74, 6) is -1.59. The molecule has 0 saturated carbocycles. The Bertz CT molecular complexity index is 848. The first kappa shape index (κ1) is 17.2. The lowest BCUT2D eigenvalue weighted by Crippen LogP contribution is -2.18. The van der Waals surface area contributed by atoms with Gasteiger partial charge in [-0.05, 0) is 43.1 Å². The Labute approximate surface area is 146 Å². The molecule has 1 N–H and O–H groups in total. The van der Waals surface area contributed by atoms with Gasteiger partial charge in [-0.2, -0.15) is 0 Å². The smallest absolute Gasteiger partial charge is 0.163 e. The largest absolute Gasteiger partial charge is 0.312 e. The third kappa shape index (κ3) is 4.28. The number of rotatable bonds is 6. The molecule has 128 valence electrons. The van der Waals surface area contributed by atoms with Gasteiger partial charge in [-0.25, -0.2) is 8.78 Å². The van der Waals surface area contributed by atoms with Crippen LogP contribution in [0.1, 0.15) is 16.8 Å². The second kappa shape index (κ2) is 7.99. The molecular weight excluding hydrogens is 318 g/mol. The lowest BCUT2D eigenvalue weighted by atomic mass is 10.0. The lowest BCUT2D eigenvalue weighted by Gasteiger charge is -2.10. The average Bonchev–Trinajstić information content (AvgIpc) is 2.64. The summed E-state index contributed by atoms with van der Waals surface area (Å²) in [7, 11) is 0. The van der Waals surface area contributed by atoms with Crippen molar-refractivity contribution in [1.82, 2.24) is 10.3 Å². The van der Waals surface area contributed by atoms with E-state index in [0.717, 1.165) is 34.9 Å². The van der Waals surface area contributed by atoms with E-state index in [4.69, 9.17) is 0 Å². The molecular formula is C21H20F2N2. The van der Waals surface area contributed by atoms with Crippen LogP contribution in [0.4, 0.5) is 8.78 Å². The van der Waals surface area contributed by atoms with Gasteiger partial charge in [0.1, 0.15) is 0 Å². The SMILES string of the molecule is Cc1ncc(-c2ccccc2)cc1CCNCc1cccc(F)c1F. The molecule has 0 aliphatic carbocycles. The second-order valence-corrected chi connectivity index (χ2v) is 5.97. The van der Waals surface area contributed by atoms with Crippen LogP contribution in [0.3, 0.4) is 0 Å². The minimum absolute atomic E-state index is 0.300. The number of aryl methyl sites for hydroxylation is 1. The number of hydrogen-bond acceptors (Lipinski definition) is 2. The summed E-state index contributed by atoms with van der Waals surface area (Å²) in [6.45, 7) is 2.95. The Kier molecular flexibility index (Phi) is 5.51. The molecule has 0 fully saturated rings. The Morgan fingerprint density at radius 3 is 2.52 bits per heavy atom. The molecule has 3 rings (SSSR count). The fourth-order valence-electron chi connectivity index (χ4n) is 2.75. The summed E-state index contributed by atoms with van der Waals surface area (Å²) in [4.78, 5) is 4.48. The summed E-state index contributed by atoms with van der Waals surface area (Å²) in [6.07, 6.45) is 2.65. The Morgan fingerprint density at radius 2 is 1.72 bits per heavy atom. The quantitative estimate of drug-likeness (QED) is 0.661. The highest BCUT2D eigenvalue weighted by molar-refractivity contribution is 5.63. The van der Waals surface area contributed by atoms with Crippen LogP contribution in [-0.4, -0.2) is 11.5 Å². The molecule has 0 aliphatic rings. The average molecular weight is 338 g/mol. The van der Waals surface area contributed by atoms with Crippen LogP contribution in [0.15, 0.2) is 60.8 Å². The van der Waals surface area contributed by atoms with E-state index >= 15 is 0 Å². The molecule has 25 heavy (non-hydrogen) atoms. The predicted molar refractivity (Wildman–Crippen MR) is 96.2 cm³/mol. The van der Waals surface area contributed by atoms with E-state index in [2.05, 4.69) is 28.5 Å². The molecule has 0 radical (unpaired) electrons. The molecule has 0 bridgehead atoms. The van der Waals surface area contributed by atoms with Crippen molar-refractivity contribution < 1.29 is 8.78 Å². The number of benzene rings is 2. The first-order valence-corrected chi connectivity index (χ1v) is 8.29. The van der Waals surface area contributed by atoms with Gasteiger partial charge < -0.3 is 5.32 Å². The van der Waals surface area contributed by atoms with Gasteiger partial charge in [0.25, 0.3) is 0 Å². The maximum absolute atomic E-state index is 13.6. The molecule has 4 heteroatoms. The van der Waals surface area contributed by atoms with Crippen LogP contribution in [0.25, 0.3) is 11.1 Å². The summed E-state index contributed by atoms with van der Waals surface area (Å²) in [6, 6.07) is 16.5. The summed E-state index contributed by atoms with van der Waals surface area (Å²) < 4.78 is 26.8. The Hall–Kier alpha value is -2.59. The molecule has 2 nitrogen and oxygen atoms in total. The Balaban J connectivity index is 1.62. The van der Waals surface area contributed by atoms with Crippen molar-refractivity contribution in [2.45, 2.75) is 19.9 Å². The molecule has 0 amide bonds. The van der Waals surface area contributed by atoms with Crippen LogP contribution in [0.2, 0.25) is 0 Å². The minimum Gasteiger partial charge on any atom is -0.312 e. The number of nitrogens with zero attached hydrogens (tertiary/aromatic N) is 1. The summed E-state index contributed by atoms with van der Waals surface area (Å²) >= 11 is 0. The molecule has 1 heterocycles. The van der Waals surface area contributed by atoms with E-state index in [9.17, 15) is 8.78 Å². The van der Waals surface area contributed by atoms with Gasteiger partial charge in [0.05, 0.1) is 0 Å². The van der Waals surface area contributed by atoms with E-state index in [1.807, 2.05) is 31.3 Å². The van der Waals surface area contributed by atoms with Gasteiger partial charge in [0, 0.05) is 29.6 Å². The Morgan fingerprint density at radius 1 is 0.920 bits per heavy atom. The highest BCUT2D eigenvalue weighted by Gasteiger charge is 2.07. The summed E-state index contributed by atoms with van der Waals surface area (Å²) in [5, 5.41) is 3.17. The van der Waals surface area contributed by atoms with Gasteiger partial charge in [-0.15, -0.1) is 0 Å². The van der Waals surface area contributed by atoms with Crippen molar-refractivity contribution >= 4 is 0 Å². The zero-order valence-corrected chi connectivity index (χ0v) is 14.1. The van der Waals surface area contributed by atoms with Crippen LogP contribution in [-0.2, 0) is 13.0 Å². The number of aromatic nitrogens is 1. The fraction of sp³-hybridized carbons (Fsp3) is 0.190. The molecule has 0 unspecified atom stereocenters. The monoisotopic (exact) mass is 338 g/mol. The van der Waals surface area contributed by atoms with Crippen molar-refractivity contribution in [2.24, 2.45) is 0 Å². The topological polar surface area (TPSA) is 24.9 Å². The van der Waals surface area contributed by atoms with E-state index in [1.165, 1.54) is 6.07 Å². The third-order valence-electron chi connectivity index (χ3n) is 4.22. The van der Waals surface area contributed by atoms with Crippen molar-refractivity contribution in [1.29, 1.82) is 0 Å². The van der Waals surface area contributed by atoms with Crippen LogP contribution in [0, 0.1) is 18.6 Å². The number of hydrogen-bond donors (Lipinski definition) is 1. The maximum Gasteiger partial charge on any atom is 0.163 e. The van der Waals surface area contributed by atoms with E-state index < -0.39 is 11.6 Å². The molecule has 2 aromatic carbocycles. The van der Waals surface area contributed by atoms with Gasteiger partial charge in [-0.3, -0.25) is 4.98 Å². The van der Waals surface area contributed by atoms with Crippen molar-refractivity contribution in [3.63, 3.8) is 0 Å². The third-order valence-corrected chi connectivity index (χ3v) is 4.22. The first-order chi connectivity index (χ1) is 12.1. The highest BCUT2D eigenvalue weighted by Crippen LogP contribution is 2.20. The van der Waals surface area contributed by atoms with E-state index in [0.29, 0.717) is 18.7 Å². The highest BCUT2D eigenvalue weighted by atomic mass is 19.2. The molecule has 0 saturated heterocycles. The van der Waals surface area contributed by atoms with Crippen molar-refractivity contribution in [3.05, 3.63) is 89.2 Å². The number of pyridine rings is 1. The molecule has 0 atom stereocenters. The van der Waals surface area contributed by atoms with Gasteiger partial charge in [0.15, 0.2) is 11.6 Å². The lowest BCUT2D eigenvalue weighted by molar-refractivity contribution is 0.493. The molecule has 3 aromatic rings. The van der Waals surface area contributed by atoms with Gasteiger partial charge in [-0.1, -0.05) is 42.5 Å². The first-order valence-electron chi connectivity index (χ1n) is 8.29. The van der Waals surface area contributed by atoms with Crippen LogP contribution >= 0.6 is 0 Å². The standard InChI is InChI=1S/C21H20F2N2/c1-15-17(12-19(14-25-15)16-6-3-2-4-7-16)10-11-24-13-18-8-5-9-20(22)21(18)23/h2-9,12,14,24H,10-11,13H2,1H3. The molecule has 1 aromatic heterocycles. The fourth-order valence-corrected chi connectivity index (χ4v) is 2.75. The van der Waals surface area contributed by atoms with Gasteiger partial charge in [0.2, 0.25) is 0 Å². The maximum atomic E-state index is 13.6. The van der Waals surface area contributed by atoms with Crippen molar-refractivity contribution in [3.8, 4) is 11.1 Å². The molecule has 0 spiro atoms. The number of halogens is 2.